The van der Waals surface area contributed by atoms with E-state index in [0.717, 1.165) is 12.5 Å². The highest BCUT2D eigenvalue weighted by atomic mass is 16.1. The van der Waals surface area contributed by atoms with Gasteiger partial charge in [0.25, 0.3) is 5.91 Å². The van der Waals surface area contributed by atoms with Gasteiger partial charge in [0.1, 0.15) is 0 Å². The predicted molar refractivity (Wildman–Crippen MR) is 55.2 cm³/mol. The molecular formula is C10H16N4O. The van der Waals surface area contributed by atoms with Crippen molar-refractivity contribution in [3.05, 3.63) is 11.9 Å². The van der Waals surface area contributed by atoms with Gasteiger partial charge in [-0.05, 0) is 18.3 Å². The van der Waals surface area contributed by atoms with E-state index in [0.29, 0.717) is 11.6 Å². The van der Waals surface area contributed by atoms with E-state index >= 15 is 0 Å². The molecule has 1 amide bonds. The molecule has 2 N–H and O–H groups in total. The van der Waals surface area contributed by atoms with E-state index in [-0.39, 0.29) is 5.91 Å². The van der Waals surface area contributed by atoms with Gasteiger partial charge in [-0.1, -0.05) is 19.8 Å². The molecule has 1 aliphatic carbocycles. The third kappa shape index (κ3) is 2.34. The van der Waals surface area contributed by atoms with Gasteiger partial charge in [-0.15, -0.1) is 0 Å². The highest BCUT2D eigenvalue weighted by molar-refractivity contribution is 5.91. The molecule has 1 fully saturated rings. The monoisotopic (exact) mass is 208 g/mol. The minimum Gasteiger partial charge on any atom is -0.350 e. The number of nitrogens with one attached hydrogen (secondary N) is 2. The van der Waals surface area contributed by atoms with Crippen molar-refractivity contribution in [2.75, 3.05) is 6.54 Å². The lowest BCUT2D eigenvalue weighted by atomic mass is 9.98. The second-order valence-electron chi connectivity index (χ2n) is 4.23. The Labute approximate surface area is 88.6 Å². The van der Waals surface area contributed by atoms with Crippen molar-refractivity contribution in [1.82, 2.24) is 20.7 Å². The van der Waals surface area contributed by atoms with Crippen LogP contribution >= 0.6 is 0 Å². The molecule has 15 heavy (non-hydrogen) atoms. The number of amides is 1. The van der Waals surface area contributed by atoms with E-state index in [9.17, 15) is 4.79 Å². The zero-order chi connectivity index (χ0) is 10.7. The molecule has 0 radical (unpaired) electrons. The Bertz CT molecular complexity index is 322. The van der Waals surface area contributed by atoms with Crippen LogP contribution in [0.5, 0.6) is 0 Å². The fourth-order valence-electron chi connectivity index (χ4n) is 2.15. The number of nitrogens with zero attached hydrogens (tertiary/aromatic N) is 2. The van der Waals surface area contributed by atoms with Crippen molar-refractivity contribution in [1.29, 1.82) is 0 Å². The van der Waals surface area contributed by atoms with Gasteiger partial charge in [0.15, 0.2) is 5.69 Å². The predicted octanol–water partition coefficient (Wildman–Crippen LogP) is 0.971. The van der Waals surface area contributed by atoms with E-state index in [2.05, 4.69) is 27.7 Å². The first kappa shape index (κ1) is 10.1. The third-order valence-corrected chi connectivity index (χ3v) is 3.21. The number of aromatic nitrogens is 3. The minimum atomic E-state index is -0.136. The van der Waals surface area contributed by atoms with Gasteiger partial charge >= 0.3 is 0 Å². The normalized spacial score (nSPS) is 25.4. The summed E-state index contributed by atoms with van der Waals surface area (Å²) in [6.45, 7) is 3.01. The van der Waals surface area contributed by atoms with Gasteiger partial charge in [-0.2, -0.15) is 15.4 Å². The van der Waals surface area contributed by atoms with Crippen LogP contribution in [-0.2, 0) is 0 Å². The molecule has 1 aliphatic rings. The topological polar surface area (TPSA) is 70.7 Å². The standard InChI is InChI=1S/C10H16N4O/c1-7-3-2-4-8(7)5-11-10(15)9-6-12-14-13-9/h6-8H,2-5H2,1H3,(H,11,15)(H,12,13,14). The Morgan fingerprint density at radius 2 is 2.53 bits per heavy atom. The summed E-state index contributed by atoms with van der Waals surface area (Å²) in [5, 5.41) is 12.7. The van der Waals surface area contributed by atoms with Crippen LogP contribution in [0.3, 0.4) is 0 Å². The summed E-state index contributed by atoms with van der Waals surface area (Å²) < 4.78 is 0. The largest absolute Gasteiger partial charge is 0.350 e. The maximum atomic E-state index is 11.5. The fourth-order valence-corrected chi connectivity index (χ4v) is 2.15. The lowest BCUT2D eigenvalue weighted by Gasteiger charge is -2.15. The summed E-state index contributed by atoms with van der Waals surface area (Å²) in [5.74, 6) is 1.21. The number of carbonyl (C=O) groups excluding carboxylic acids is 1. The summed E-state index contributed by atoms with van der Waals surface area (Å²) in [6, 6.07) is 0. The molecule has 5 nitrogen and oxygen atoms in total. The van der Waals surface area contributed by atoms with Gasteiger partial charge in [0, 0.05) is 6.54 Å². The lowest BCUT2D eigenvalue weighted by Crippen LogP contribution is -2.30. The molecule has 82 valence electrons. The number of H-pyrrole nitrogens is 1. The molecule has 1 saturated carbocycles. The average Bonchev–Trinajstić information content (AvgIpc) is 2.85. The van der Waals surface area contributed by atoms with Gasteiger partial charge in [0.2, 0.25) is 0 Å². The SMILES string of the molecule is CC1CCCC1CNC(=O)c1cn[nH]n1. The Morgan fingerprint density at radius 1 is 1.67 bits per heavy atom. The molecule has 5 heteroatoms. The molecule has 2 rings (SSSR count). The second-order valence-corrected chi connectivity index (χ2v) is 4.23. The van der Waals surface area contributed by atoms with Crippen LogP contribution in [0.4, 0.5) is 0 Å². The van der Waals surface area contributed by atoms with Crippen molar-refractivity contribution in [2.24, 2.45) is 11.8 Å². The maximum Gasteiger partial charge on any atom is 0.273 e. The Morgan fingerprint density at radius 3 is 3.13 bits per heavy atom. The molecule has 0 saturated heterocycles. The van der Waals surface area contributed by atoms with Crippen molar-refractivity contribution in [2.45, 2.75) is 26.2 Å². The van der Waals surface area contributed by atoms with Crippen LogP contribution in [0.1, 0.15) is 36.7 Å². The first-order valence-corrected chi connectivity index (χ1v) is 5.41. The summed E-state index contributed by atoms with van der Waals surface area (Å²) in [4.78, 5) is 11.5. The van der Waals surface area contributed by atoms with Gasteiger partial charge in [-0.3, -0.25) is 4.79 Å². The number of aromatic amines is 1. The van der Waals surface area contributed by atoms with Gasteiger partial charge in [0.05, 0.1) is 6.20 Å². The molecule has 1 aromatic rings. The molecule has 2 unspecified atom stereocenters. The molecule has 1 heterocycles. The molecule has 2 atom stereocenters. The van der Waals surface area contributed by atoms with Crippen molar-refractivity contribution in [3.63, 3.8) is 0 Å². The number of carbonyl (C=O) groups is 1. The fraction of sp³-hybridized carbons (Fsp3) is 0.700. The van der Waals surface area contributed by atoms with Crippen molar-refractivity contribution < 1.29 is 4.79 Å². The number of hydrogen-bond donors (Lipinski definition) is 2. The molecular weight excluding hydrogens is 192 g/mol. The Kier molecular flexibility index (Phi) is 2.99. The van der Waals surface area contributed by atoms with Crippen LogP contribution in [0.15, 0.2) is 6.20 Å². The maximum absolute atomic E-state index is 11.5. The van der Waals surface area contributed by atoms with Crippen LogP contribution in [0, 0.1) is 11.8 Å². The molecule has 1 aromatic heterocycles. The average molecular weight is 208 g/mol. The van der Waals surface area contributed by atoms with Gasteiger partial charge < -0.3 is 5.32 Å². The van der Waals surface area contributed by atoms with E-state index in [1.165, 1.54) is 25.5 Å². The number of hydrogen-bond acceptors (Lipinski definition) is 3. The summed E-state index contributed by atoms with van der Waals surface area (Å²) in [5.41, 5.74) is 0.362. The Hall–Kier alpha value is -1.39. The Balaban J connectivity index is 1.81. The third-order valence-electron chi connectivity index (χ3n) is 3.21. The van der Waals surface area contributed by atoms with Crippen molar-refractivity contribution in [3.8, 4) is 0 Å². The smallest absolute Gasteiger partial charge is 0.273 e. The summed E-state index contributed by atoms with van der Waals surface area (Å²) in [6.07, 6.45) is 5.23. The highest BCUT2D eigenvalue weighted by Gasteiger charge is 2.23. The molecule has 0 aromatic carbocycles. The first-order valence-electron chi connectivity index (χ1n) is 5.41. The molecule has 0 spiro atoms. The van der Waals surface area contributed by atoms with Crippen LogP contribution < -0.4 is 5.32 Å². The van der Waals surface area contributed by atoms with E-state index in [1.807, 2.05) is 0 Å². The van der Waals surface area contributed by atoms with E-state index < -0.39 is 0 Å². The van der Waals surface area contributed by atoms with Gasteiger partial charge in [-0.25, -0.2) is 0 Å². The number of rotatable bonds is 3. The van der Waals surface area contributed by atoms with Crippen molar-refractivity contribution >= 4 is 5.91 Å². The second kappa shape index (κ2) is 4.42. The molecule has 0 bridgehead atoms. The lowest BCUT2D eigenvalue weighted by molar-refractivity contribution is 0.0939. The minimum absolute atomic E-state index is 0.136. The van der Waals surface area contributed by atoms with Crippen LogP contribution in [0.25, 0.3) is 0 Å². The summed E-state index contributed by atoms with van der Waals surface area (Å²) in [7, 11) is 0. The van der Waals surface area contributed by atoms with E-state index in [1.54, 1.807) is 0 Å². The summed E-state index contributed by atoms with van der Waals surface area (Å²) >= 11 is 0. The van der Waals surface area contributed by atoms with E-state index in [4.69, 9.17) is 0 Å². The highest BCUT2D eigenvalue weighted by Crippen LogP contribution is 2.30. The van der Waals surface area contributed by atoms with Crippen LogP contribution in [-0.4, -0.2) is 27.9 Å². The molecule has 0 aliphatic heterocycles. The zero-order valence-electron chi connectivity index (χ0n) is 8.86. The zero-order valence-corrected chi connectivity index (χ0v) is 8.86. The first-order chi connectivity index (χ1) is 7.27. The quantitative estimate of drug-likeness (QED) is 0.777. The van der Waals surface area contributed by atoms with Crippen LogP contribution in [0.2, 0.25) is 0 Å².